The molecule has 0 saturated heterocycles. The molecule has 2 aromatic carbocycles. The number of aromatic nitrogens is 3. The maximum Gasteiger partial charge on any atom is 0.277 e. The average molecular weight is 504 g/mol. The maximum absolute atomic E-state index is 13.7. The summed E-state index contributed by atoms with van der Waals surface area (Å²) in [6, 6.07) is 17.0. The summed E-state index contributed by atoms with van der Waals surface area (Å²) in [5, 5.41) is 10.7. The van der Waals surface area contributed by atoms with Crippen molar-refractivity contribution in [2.75, 3.05) is 0 Å². The van der Waals surface area contributed by atoms with Crippen LogP contribution in [0.25, 0.3) is 11.1 Å². The zero-order valence-corrected chi connectivity index (χ0v) is 21.4. The first-order chi connectivity index (χ1) is 17.3. The van der Waals surface area contributed by atoms with Crippen molar-refractivity contribution in [1.29, 1.82) is 0 Å². The minimum atomic E-state index is -4.34. The molecule has 7 nitrogen and oxygen atoms in total. The van der Waals surface area contributed by atoms with Crippen molar-refractivity contribution in [3.63, 3.8) is 0 Å². The molecule has 8 heteroatoms. The van der Waals surface area contributed by atoms with Crippen LogP contribution in [0.4, 0.5) is 0 Å². The number of benzene rings is 2. The molecule has 0 saturated carbocycles. The van der Waals surface area contributed by atoms with Crippen molar-refractivity contribution in [3.05, 3.63) is 100 Å². The van der Waals surface area contributed by atoms with E-state index in [9.17, 15) is 18.3 Å². The Balaban J connectivity index is 1.84. The topological polar surface area (TPSA) is 102 Å². The molecule has 0 aliphatic carbocycles. The Labute approximate surface area is 211 Å². The molecule has 0 aliphatic heterocycles. The van der Waals surface area contributed by atoms with E-state index in [0.717, 1.165) is 35.1 Å². The van der Waals surface area contributed by atoms with Gasteiger partial charge >= 0.3 is 0 Å². The minimum Gasteiger partial charge on any atom is -0.492 e. The molecule has 1 N–H and O–H groups in total. The second-order valence-corrected chi connectivity index (χ2v) is 10.7. The van der Waals surface area contributed by atoms with Crippen LogP contribution in [0, 0.1) is 6.92 Å². The third kappa shape index (κ3) is 4.81. The van der Waals surface area contributed by atoms with Crippen LogP contribution in [0.5, 0.6) is 5.88 Å². The van der Waals surface area contributed by atoms with E-state index in [0.29, 0.717) is 12.2 Å². The smallest absolute Gasteiger partial charge is 0.277 e. The van der Waals surface area contributed by atoms with Gasteiger partial charge in [-0.15, -0.1) is 0 Å². The lowest BCUT2D eigenvalue weighted by Crippen LogP contribution is -2.32. The van der Waals surface area contributed by atoms with Crippen molar-refractivity contribution in [3.8, 4) is 17.0 Å². The van der Waals surface area contributed by atoms with Gasteiger partial charge in [0.05, 0.1) is 10.9 Å². The Bertz CT molecular complexity index is 1530. The van der Waals surface area contributed by atoms with Crippen LogP contribution in [0.1, 0.15) is 49.7 Å². The van der Waals surface area contributed by atoms with E-state index in [-0.39, 0.29) is 4.90 Å². The molecular weight excluding hydrogens is 474 g/mol. The van der Waals surface area contributed by atoms with Crippen LogP contribution >= 0.6 is 0 Å². The second-order valence-electron chi connectivity index (χ2n) is 8.76. The summed E-state index contributed by atoms with van der Waals surface area (Å²) in [7, 11) is -4.34. The highest BCUT2D eigenvalue weighted by atomic mass is 32.2. The predicted octanol–water partition coefficient (Wildman–Crippen LogP) is 5.10. The van der Waals surface area contributed by atoms with Gasteiger partial charge in [0, 0.05) is 18.8 Å². The molecule has 2 aromatic heterocycles. The van der Waals surface area contributed by atoms with Crippen LogP contribution in [-0.2, 0) is 16.3 Å². The standard InChI is InChI=1S/C28H29N3O4S/c1-4-5-11-25-30-27(32)26(28(33)31(25)20(3)21-9-7-6-8-10-21)36(34,35)23-14-12-22(13-15-23)24-16-17-29-18-19(24)2/h6-10,12-18,20,32H,4-5,11H2,1-3H3/t20-/m0/s1. The second kappa shape index (κ2) is 10.5. The first-order valence-corrected chi connectivity index (χ1v) is 13.4. The molecule has 36 heavy (non-hydrogen) atoms. The number of nitrogens with zero attached hydrogens (tertiary/aromatic N) is 3. The molecule has 0 radical (unpaired) electrons. The summed E-state index contributed by atoms with van der Waals surface area (Å²) in [5.74, 6) is -0.408. The van der Waals surface area contributed by atoms with Gasteiger partial charge in [0.25, 0.3) is 5.56 Å². The Morgan fingerprint density at radius 1 is 1.03 bits per heavy atom. The van der Waals surface area contributed by atoms with E-state index in [1.807, 2.05) is 57.2 Å². The third-order valence-corrected chi connectivity index (χ3v) is 8.10. The van der Waals surface area contributed by atoms with Crippen LogP contribution in [0.2, 0.25) is 0 Å². The van der Waals surface area contributed by atoms with Gasteiger partial charge in [-0.3, -0.25) is 14.3 Å². The average Bonchev–Trinajstić information content (AvgIpc) is 2.87. The fourth-order valence-corrected chi connectivity index (χ4v) is 5.65. The molecular formula is C28H29N3O4S. The fourth-order valence-electron chi connectivity index (χ4n) is 4.30. The van der Waals surface area contributed by atoms with Crippen LogP contribution in [0.15, 0.2) is 87.6 Å². The predicted molar refractivity (Wildman–Crippen MR) is 139 cm³/mol. The highest BCUT2D eigenvalue weighted by Crippen LogP contribution is 2.29. The van der Waals surface area contributed by atoms with Gasteiger partial charge in [-0.05, 0) is 60.7 Å². The Morgan fingerprint density at radius 2 is 1.72 bits per heavy atom. The number of aryl methyl sites for hydroxylation is 2. The molecule has 4 rings (SSSR count). The summed E-state index contributed by atoms with van der Waals surface area (Å²) >= 11 is 0. The number of rotatable bonds is 8. The third-order valence-electron chi connectivity index (χ3n) is 6.32. The minimum absolute atomic E-state index is 0.0904. The van der Waals surface area contributed by atoms with E-state index in [4.69, 9.17) is 0 Å². The fraction of sp³-hybridized carbons (Fsp3) is 0.250. The summed E-state index contributed by atoms with van der Waals surface area (Å²) in [5.41, 5.74) is 2.76. The van der Waals surface area contributed by atoms with Gasteiger partial charge in [-0.2, -0.15) is 4.98 Å². The van der Waals surface area contributed by atoms with Crippen LogP contribution in [-0.4, -0.2) is 28.1 Å². The summed E-state index contributed by atoms with van der Waals surface area (Å²) in [4.78, 5) is 21.2. The Kier molecular flexibility index (Phi) is 7.35. The lowest BCUT2D eigenvalue weighted by Gasteiger charge is -2.21. The Morgan fingerprint density at radius 3 is 2.36 bits per heavy atom. The maximum atomic E-state index is 13.7. The summed E-state index contributed by atoms with van der Waals surface area (Å²) < 4.78 is 28.6. The molecule has 0 spiro atoms. The number of hydrogen-bond donors (Lipinski definition) is 1. The van der Waals surface area contributed by atoms with E-state index in [1.165, 1.54) is 16.7 Å². The molecule has 0 amide bonds. The van der Waals surface area contributed by atoms with Crippen molar-refractivity contribution >= 4 is 9.84 Å². The normalized spacial score (nSPS) is 12.4. The number of hydrogen-bond acceptors (Lipinski definition) is 6. The number of aromatic hydroxyl groups is 1. The quantitative estimate of drug-likeness (QED) is 0.359. The van der Waals surface area contributed by atoms with Crippen molar-refractivity contribution in [2.45, 2.75) is 55.9 Å². The van der Waals surface area contributed by atoms with Crippen molar-refractivity contribution in [1.82, 2.24) is 14.5 Å². The number of pyridine rings is 1. The van der Waals surface area contributed by atoms with Gasteiger partial charge in [0.1, 0.15) is 5.82 Å². The number of unbranched alkanes of at least 4 members (excludes halogenated alkanes) is 1. The van der Waals surface area contributed by atoms with Crippen LogP contribution in [0.3, 0.4) is 0 Å². The van der Waals surface area contributed by atoms with E-state index < -0.39 is 32.2 Å². The van der Waals surface area contributed by atoms with Gasteiger partial charge in [0.15, 0.2) is 4.90 Å². The largest absolute Gasteiger partial charge is 0.492 e. The van der Waals surface area contributed by atoms with E-state index >= 15 is 0 Å². The van der Waals surface area contributed by atoms with E-state index in [2.05, 4.69) is 9.97 Å². The summed E-state index contributed by atoms with van der Waals surface area (Å²) in [6.45, 7) is 5.76. The molecule has 0 fully saturated rings. The molecule has 1 atom stereocenters. The van der Waals surface area contributed by atoms with Crippen molar-refractivity contribution < 1.29 is 13.5 Å². The zero-order valence-electron chi connectivity index (χ0n) is 20.5. The molecule has 4 aromatic rings. The number of sulfone groups is 1. The zero-order chi connectivity index (χ0) is 25.9. The molecule has 186 valence electrons. The van der Waals surface area contributed by atoms with Crippen molar-refractivity contribution in [2.24, 2.45) is 0 Å². The van der Waals surface area contributed by atoms with Gasteiger partial charge < -0.3 is 5.11 Å². The molecule has 2 heterocycles. The first kappa shape index (κ1) is 25.3. The van der Waals surface area contributed by atoms with E-state index in [1.54, 1.807) is 24.5 Å². The van der Waals surface area contributed by atoms with Gasteiger partial charge in [0.2, 0.25) is 15.7 Å². The first-order valence-electron chi connectivity index (χ1n) is 11.9. The SMILES string of the molecule is CCCCc1nc(O)c(S(=O)(=O)c2ccc(-c3ccncc3C)cc2)c(=O)n1[C@@H](C)c1ccccc1. The Hall–Kier alpha value is -3.78. The lowest BCUT2D eigenvalue weighted by molar-refractivity contribution is 0.412. The van der Waals surface area contributed by atoms with Gasteiger partial charge in [-0.25, -0.2) is 8.42 Å². The van der Waals surface area contributed by atoms with Crippen LogP contribution < -0.4 is 5.56 Å². The molecule has 0 aliphatic rings. The van der Waals surface area contributed by atoms with Gasteiger partial charge in [-0.1, -0.05) is 55.8 Å². The highest BCUT2D eigenvalue weighted by Gasteiger charge is 2.31. The monoisotopic (exact) mass is 503 g/mol. The molecule has 0 unspecified atom stereocenters. The summed E-state index contributed by atoms with van der Waals surface area (Å²) in [6.07, 6.45) is 5.46. The lowest BCUT2D eigenvalue weighted by atomic mass is 10.0. The molecule has 0 bridgehead atoms. The highest BCUT2D eigenvalue weighted by molar-refractivity contribution is 7.91.